The van der Waals surface area contributed by atoms with Gasteiger partial charge in [-0.05, 0) is 17.5 Å². The van der Waals surface area contributed by atoms with Crippen molar-refractivity contribution in [2.24, 2.45) is 0 Å². The zero-order chi connectivity index (χ0) is 7.40. The molecule has 0 aliphatic rings. The number of aryl methyl sites for hydroxylation is 1. The lowest BCUT2D eigenvalue weighted by Gasteiger charge is -1.97. The van der Waals surface area contributed by atoms with Crippen molar-refractivity contribution < 1.29 is 0 Å². The van der Waals surface area contributed by atoms with E-state index < -0.39 is 0 Å². The van der Waals surface area contributed by atoms with Gasteiger partial charge in [0.2, 0.25) is 0 Å². The van der Waals surface area contributed by atoms with Gasteiger partial charge >= 0.3 is 0 Å². The Morgan fingerprint density at radius 1 is 1.10 bits per heavy atom. The molecular formula is C9H12S. The second-order valence-corrected chi connectivity index (χ2v) is 2.64. The molecule has 1 aromatic rings. The summed E-state index contributed by atoms with van der Waals surface area (Å²) in [5.41, 5.74) is 2.69. The highest BCUT2D eigenvalue weighted by Gasteiger charge is 1.88. The molecule has 0 saturated carbocycles. The molecule has 1 aromatic carbocycles. The van der Waals surface area contributed by atoms with E-state index in [1.54, 1.807) is 0 Å². The van der Waals surface area contributed by atoms with Gasteiger partial charge in [-0.1, -0.05) is 31.2 Å². The van der Waals surface area contributed by atoms with E-state index in [2.05, 4.69) is 43.8 Å². The summed E-state index contributed by atoms with van der Waals surface area (Å²) in [5, 5.41) is 0. The molecule has 0 aliphatic carbocycles. The Morgan fingerprint density at radius 3 is 2.00 bits per heavy atom. The molecule has 0 radical (unpaired) electrons. The fraction of sp³-hybridized carbons (Fsp3) is 0.333. The van der Waals surface area contributed by atoms with Crippen LogP contribution in [0.15, 0.2) is 24.3 Å². The summed E-state index contributed by atoms with van der Waals surface area (Å²) in [6, 6.07) is 8.58. The van der Waals surface area contributed by atoms with Crippen LogP contribution in [0.4, 0.5) is 0 Å². The lowest BCUT2D eigenvalue weighted by atomic mass is 10.1. The molecule has 0 aliphatic heterocycles. The van der Waals surface area contributed by atoms with Gasteiger partial charge in [-0.2, -0.15) is 12.6 Å². The second kappa shape index (κ2) is 3.67. The van der Waals surface area contributed by atoms with Crippen LogP contribution < -0.4 is 0 Å². The Bertz CT molecular complexity index is 165. The van der Waals surface area contributed by atoms with Gasteiger partial charge in [0, 0.05) is 5.75 Å². The van der Waals surface area contributed by atoms with Crippen LogP contribution in [0, 0.1) is 0 Å². The topological polar surface area (TPSA) is 0 Å². The first-order valence-electron chi connectivity index (χ1n) is 3.55. The summed E-state index contributed by atoms with van der Waals surface area (Å²) >= 11 is 4.17. The van der Waals surface area contributed by atoms with Gasteiger partial charge < -0.3 is 0 Å². The van der Waals surface area contributed by atoms with Crippen LogP contribution >= 0.6 is 12.6 Å². The monoisotopic (exact) mass is 152 g/mol. The zero-order valence-electron chi connectivity index (χ0n) is 6.17. The maximum Gasteiger partial charge on any atom is 0.0154 e. The Balaban J connectivity index is 2.80. The molecule has 0 fully saturated rings. The van der Waals surface area contributed by atoms with Gasteiger partial charge in [0.1, 0.15) is 0 Å². The summed E-state index contributed by atoms with van der Waals surface area (Å²) in [7, 11) is 0. The average Bonchev–Trinajstić information content (AvgIpc) is 2.05. The Hall–Kier alpha value is -0.430. The highest BCUT2D eigenvalue weighted by molar-refractivity contribution is 7.79. The van der Waals surface area contributed by atoms with Crippen LogP contribution in [0.2, 0.25) is 0 Å². The lowest BCUT2D eigenvalue weighted by molar-refractivity contribution is 1.13. The van der Waals surface area contributed by atoms with Gasteiger partial charge in [0.25, 0.3) is 0 Å². The van der Waals surface area contributed by atoms with Crippen molar-refractivity contribution in [1.29, 1.82) is 0 Å². The van der Waals surface area contributed by atoms with E-state index in [4.69, 9.17) is 0 Å². The molecule has 0 heterocycles. The third-order valence-corrected chi connectivity index (χ3v) is 1.98. The predicted molar refractivity (Wildman–Crippen MR) is 48.5 cm³/mol. The molecular weight excluding hydrogens is 140 g/mol. The van der Waals surface area contributed by atoms with Crippen LogP contribution in [-0.2, 0) is 12.2 Å². The highest BCUT2D eigenvalue weighted by Crippen LogP contribution is 2.06. The molecule has 10 heavy (non-hydrogen) atoms. The van der Waals surface area contributed by atoms with E-state index in [-0.39, 0.29) is 0 Å². The first kappa shape index (κ1) is 7.67. The van der Waals surface area contributed by atoms with E-state index >= 15 is 0 Å². The average molecular weight is 152 g/mol. The molecule has 0 aromatic heterocycles. The normalized spacial score (nSPS) is 9.80. The summed E-state index contributed by atoms with van der Waals surface area (Å²) in [4.78, 5) is 0. The first-order chi connectivity index (χ1) is 4.86. The number of hydrogen-bond donors (Lipinski definition) is 1. The number of hydrogen-bond acceptors (Lipinski definition) is 1. The third kappa shape index (κ3) is 1.77. The van der Waals surface area contributed by atoms with E-state index in [1.165, 1.54) is 11.1 Å². The van der Waals surface area contributed by atoms with Gasteiger partial charge in [-0.25, -0.2) is 0 Å². The van der Waals surface area contributed by atoms with Gasteiger partial charge in [-0.3, -0.25) is 0 Å². The minimum absolute atomic E-state index is 0.837. The van der Waals surface area contributed by atoms with Crippen molar-refractivity contribution in [2.75, 3.05) is 0 Å². The van der Waals surface area contributed by atoms with Crippen LogP contribution in [0.3, 0.4) is 0 Å². The highest BCUT2D eigenvalue weighted by atomic mass is 32.1. The molecule has 0 bridgehead atoms. The molecule has 1 heteroatoms. The Kier molecular flexibility index (Phi) is 2.82. The summed E-state index contributed by atoms with van der Waals surface area (Å²) in [6.45, 7) is 2.16. The van der Waals surface area contributed by atoms with E-state index in [0.29, 0.717) is 0 Å². The molecule has 54 valence electrons. The molecule has 0 amide bonds. The molecule has 0 spiro atoms. The molecule has 0 nitrogen and oxygen atoms in total. The van der Waals surface area contributed by atoms with Crippen LogP contribution in [0.5, 0.6) is 0 Å². The predicted octanol–water partition coefficient (Wildman–Crippen LogP) is 2.68. The van der Waals surface area contributed by atoms with Gasteiger partial charge in [-0.15, -0.1) is 0 Å². The molecule has 0 saturated heterocycles. The third-order valence-electron chi connectivity index (χ3n) is 1.61. The van der Waals surface area contributed by atoms with E-state index in [0.717, 1.165) is 12.2 Å². The standard InChI is InChI=1S/C9H12S/c1-2-8-3-5-9(7-10)6-4-8/h3-6,10H,2,7H2,1H3. The van der Waals surface area contributed by atoms with Crippen molar-refractivity contribution in [3.8, 4) is 0 Å². The summed E-state index contributed by atoms with van der Waals surface area (Å²) in [6.07, 6.45) is 1.12. The summed E-state index contributed by atoms with van der Waals surface area (Å²) < 4.78 is 0. The molecule has 0 N–H and O–H groups in total. The Morgan fingerprint density at radius 2 is 1.60 bits per heavy atom. The number of benzene rings is 1. The maximum absolute atomic E-state index is 4.17. The zero-order valence-corrected chi connectivity index (χ0v) is 7.07. The second-order valence-electron chi connectivity index (χ2n) is 2.33. The summed E-state index contributed by atoms with van der Waals surface area (Å²) in [5.74, 6) is 0.837. The first-order valence-corrected chi connectivity index (χ1v) is 4.18. The molecule has 1 rings (SSSR count). The van der Waals surface area contributed by atoms with Crippen molar-refractivity contribution >= 4 is 12.6 Å². The molecule has 0 unspecified atom stereocenters. The maximum atomic E-state index is 4.17. The minimum atomic E-state index is 0.837. The van der Waals surface area contributed by atoms with Crippen molar-refractivity contribution in [2.45, 2.75) is 19.1 Å². The van der Waals surface area contributed by atoms with Gasteiger partial charge in [0.05, 0.1) is 0 Å². The SMILES string of the molecule is CCc1ccc(CS)cc1. The quantitative estimate of drug-likeness (QED) is 0.619. The number of thiol groups is 1. The minimum Gasteiger partial charge on any atom is -0.175 e. The number of rotatable bonds is 2. The fourth-order valence-electron chi connectivity index (χ4n) is 0.880. The van der Waals surface area contributed by atoms with Crippen molar-refractivity contribution in [3.05, 3.63) is 35.4 Å². The van der Waals surface area contributed by atoms with Crippen LogP contribution in [-0.4, -0.2) is 0 Å². The van der Waals surface area contributed by atoms with Gasteiger partial charge in [0.15, 0.2) is 0 Å². The van der Waals surface area contributed by atoms with Crippen molar-refractivity contribution in [3.63, 3.8) is 0 Å². The largest absolute Gasteiger partial charge is 0.175 e. The molecule has 0 atom stereocenters. The van der Waals surface area contributed by atoms with Crippen LogP contribution in [0.25, 0.3) is 0 Å². The smallest absolute Gasteiger partial charge is 0.0154 e. The van der Waals surface area contributed by atoms with Crippen molar-refractivity contribution in [1.82, 2.24) is 0 Å². The van der Waals surface area contributed by atoms with E-state index in [9.17, 15) is 0 Å². The van der Waals surface area contributed by atoms with Crippen LogP contribution in [0.1, 0.15) is 18.1 Å². The lowest BCUT2D eigenvalue weighted by Crippen LogP contribution is -1.80. The van der Waals surface area contributed by atoms with E-state index in [1.807, 2.05) is 0 Å². The Labute approximate surface area is 67.7 Å². The fourth-order valence-corrected chi connectivity index (χ4v) is 1.09.